The summed E-state index contributed by atoms with van der Waals surface area (Å²) in [6.45, 7) is 8.23. The lowest BCUT2D eigenvalue weighted by Crippen LogP contribution is -2.14. The largest absolute Gasteiger partial charge is 0.374 e. The summed E-state index contributed by atoms with van der Waals surface area (Å²) in [6.07, 6.45) is 0. The van der Waals surface area contributed by atoms with E-state index in [1.165, 1.54) is 19.1 Å². The Labute approximate surface area is 154 Å². The number of aryl methyl sites for hydroxylation is 4. The van der Waals surface area contributed by atoms with E-state index in [1.807, 2.05) is 6.92 Å². The average molecular weight is 393 g/mol. The molecule has 0 saturated heterocycles. The minimum absolute atomic E-state index is 0.0417. The van der Waals surface area contributed by atoms with Crippen LogP contribution in [0.3, 0.4) is 0 Å². The van der Waals surface area contributed by atoms with Gasteiger partial charge >= 0.3 is 5.55 Å². The van der Waals surface area contributed by atoms with Crippen LogP contribution < -0.4 is 0 Å². The number of nitrogens with zero attached hydrogens (tertiary/aromatic N) is 2. The number of rotatable bonds is 4. The molecular formula is C18H20N2O4S2. The molecule has 0 amide bonds. The Morgan fingerprint density at radius 2 is 1.42 bits per heavy atom. The van der Waals surface area contributed by atoms with E-state index in [0.717, 1.165) is 5.56 Å². The first-order valence-corrected chi connectivity index (χ1v) is 10.8. The number of hydrogen-bond acceptors (Lipinski definition) is 4. The van der Waals surface area contributed by atoms with E-state index in [4.69, 9.17) is 5.53 Å². The van der Waals surface area contributed by atoms with Crippen molar-refractivity contribution in [3.8, 4) is 0 Å². The predicted molar refractivity (Wildman–Crippen MR) is 98.9 cm³/mol. The maximum Gasteiger partial charge on any atom is 0.374 e. The summed E-state index contributed by atoms with van der Waals surface area (Å²) in [7, 11) is -8.01. The second kappa shape index (κ2) is 6.79. The summed E-state index contributed by atoms with van der Waals surface area (Å²) in [4.78, 5) is 2.53. The summed E-state index contributed by atoms with van der Waals surface area (Å²) in [5.41, 5.74) is 11.5. The van der Waals surface area contributed by atoms with E-state index in [9.17, 15) is 16.8 Å². The molecule has 0 atom stereocenters. The first-order valence-electron chi connectivity index (χ1n) is 7.79. The van der Waals surface area contributed by atoms with Crippen LogP contribution in [0.1, 0.15) is 27.8 Å². The lowest BCUT2D eigenvalue weighted by atomic mass is 10.1. The van der Waals surface area contributed by atoms with Gasteiger partial charge in [0.05, 0.1) is 14.7 Å². The van der Waals surface area contributed by atoms with Gasteiger partial charge in [0, 0.05) is 0 Å². The van der Waals surface area contributed by atoms with E-state index in [0.29, 0.717) is 22.2 Å². The molecule has 138 valence electrons. The Kier molecular flexibility index (Phi) is 5.24. The van der Waals surface area contributed by atoms with Gasteiger partial charge in [0.15, 0.2) is 0 Å². The molecule has 2 aromatic carbocycles. The average Bonchev–Trinajstić information content (AvgIpc) is 2.44. The molecule has 0 aromatic heterocycles. The van der Waals surface area contributed by atoms with Crippen LogP contribution in [0.4, 0.5) is 0 Å². The maximum absolute atomic E-state index is 13.3. The Hall–Kier alpha value is -2.28. The fourth-order valence-corrected chi connectivity index (χ4v) is 6.60. The van der Waals surface area contributed by atoms with E-state index in [-0.39, 0.29) is 20.2 Å². The molecule has 0 bridgehead atoms. The molecule has 0 unspecified atom stereocenters. The Balaban J connectivity index is 2.93. The van der Waals surface area contributed by atoms with Crippen molar-refractivity contribution in [1.29, 1.82) is 0 Å². The first kappa shape index (κ1) is 20.0. The van der Waals surface area contributed by atoms with Gasteiger partial charge < -0.3 is 5.53 Å². The summed E-state index contributed by atoms with van der Waals surface area (Å²) in [5, 5.41) is 0. The molecule has 2 aromatic rings. The molecule has 0 aliphatic rings. The van der Waals surface area contributed by atoms with Gasteiger partial charge in [-0.1, -0.05) is 23.8 Å². The fraction of sp³-hybridized carbons (Fsp3) is 0.278. The summed E-state index contributed by atoms with van der Waals surface area (Å²) in [5.74, 6) is 0. The molecular weight excluding hydrogens is 372 g/mol. The molecule has 0 N–H and O–H groups in total. The molecule has 0 radical (unpaired) electrons. The molecule has 0 fully saturated rings. The number of benzene rings is 2. The van der Waals surface area contributed by atoms with Gasteiger partial charge in [-0.05, 0) is 62.9 Å². The number of hydrogen-bond donors (Lipinski definition) is 0. The Bertz CT molecular complexity index is 1160. The van der Waals surface area contributed by atoms with E-state index >= 15 is 0 Å². The van der Waals surface area contributed by atoms with Crippen LogP contribution in [0.25, 0.3) is 5.53 Å². The molecule has 6 nitrogen and oxygen atoms in total. The zero-order valence-electron chi connectivity index (χ0n) is 15.2. The van der Waals surface area contributed by atoms with Crippen molar-refractivity contribution in [2.75, 3.05) is 0 Å². The van der Waals surface area contributed by atoms with E-state index in [1.54, 1.807) is 32.9 Å². The minimum atomic E-state index is -4.08. The van der Waals surface area contributed by atoms with Crippen molar-refractivity contribution in [2.45, 2.75) is 49.3 Å². The van der Waals surface area contributed by atoms with Crippen LogP contribution in [0, 0.1) is 34.6 Å². The molecule has 0 saturated carbocycles. The zero-order valence-corrected chi connectivity index (χ0v) is 16.9. The fourth-order valence-electron chi connectivity index (χ4n) is 3.33. The highest BCUT2D eigenvalue weighted by Crippen LogP contribution is 2.34. The SMILES string of the molecule is Cc1ccc(S(=O)(=O)c2c(C)cc(C)c(S(=O)(=O)C=[N+]=[N-])c2C)c(C)c1. The van der Waals surface area contributed by atoms with Crippen molar-refractivity contribution in [1.82, 2.24) is 0 Å². The molecule has 0 aliphatic heterocycles. The first-order chi connectivity index (χ1) is 11.9. The molecule has 2 rings (SSSR count). The van der Waals surface area contributed by atoms with Crippen LogP contribution in [-0.4, -0.2) is 27.2 Å². The summed E-state index contributed by atoms with van der Waals surface area (Å²) >= 11 is 0. The highest BCUT2D eigenvalue weighted by Gasteiger charge is 2.31. The highest BCUT2D eigenvalue weighted by atomic mass is 32.2. The third kappa shape index (κ3) is 3.35. The van der Waals surface area contributed by atoms with Gasteiger partial charge in [0.2, 0.25) is 9.84 Å². The Morgan fingerprint density at radius 3 is 1.96 bits per heavy atom. The van der Waals surface area contributed by atoms with Crippen LogP contribution in [0.15, 0.2) is 39.0 Å². The van der Waals surface area contributed by atoms with Gasteiger partial charge in [0.25, 0.3) is 9.84 Å². The highest BCUT2D eigenvalue weighted by molar-refractivity contribution is 8.04. The van der Waals surface area contributed by atoms with Crippen molar-refractivity contribution in [2.24, 2.45) is 0 Å². The van der Waals surface area contributed by atoms with E-state index in [2.05, 4.69) is 4.79 Å². The van der Waals surface area contributed by atoms with Crippen LogP contribution in [0.2, 0.25) is 0 Å². The predicted octanol–water partition coefficient (Wildman–Crippen LogP) is 3.09. The van der Waals surface area contributed by atoms with Crippen molar-refractivity contribution < 1.29 is 21.6 Å². The van der Waals surface area contributed by atoms with Crippen molar-refractivity contribution >= 4 is 25.2 Å². The monoisotopic (exact) mass is 392 g/mol. The van der Waals surface area contributed by atoms with Crippen LogP contribution >= 0.6 is 0 Å². The molecule has 8 heteroatoms. The van der Waals surface area contributed by atoms with Gasteiger partial charge in [-0.2, -0.15) is 4.79 Å². The molecule has 0 spiro atoms. The lowest BCUT2D eigenvalue weighted by molar-refractivity contribution is 0.00753. The third-order valence-corrected chi connectivity index (χ3v) is 7.96. The van der Waals surface area contributed by atoms with Crippen LogP contribution in [-0.2, 0) is 19.7 Å². The standard InChI is InChI=1S/C18H20N2O4S2/c1-11-6-7-16(12(2)8-11)26(23,24)18-14(4)9-13(3)17(15(18)5)25(21,22)10-20-19/h6-10H,1-5H3. The lowest BCUT2D eigenvalue weighted by Gasteiger charge is -2.17. The zero-order chi connectivity index (χ0) is 19.9. The van der Waals surface area contributed by atoms with E-state index < -0.39 is 19.7 Å². The second-order valence-corrected chi connectivity index (χ2v) is 9.90. The quantitative estimate of drug-likeness (QED) is 0.345. The maximum atomic E-state index is 13.3. The third-order valence-electron chi connectivity index (χ3n) is 4.19. The van der Waals surface area contributed by atoms with Gasteiger partial charge in [0.1, 0.15) is 0 Å². The molecule has 26 heavy (non-hydrogen) atoms. The summed E-state index contributed by atoms with van der Waals surface area (Å²) in [6, 6.07) is 6.51. The molecule has 0 heterocycles. The molecule has 0 aliphatic carbocycles. The smallest absolute Gasteiger partial charge is 0.361 e. The van der Waals surface area contributed by atoms with Crippen molar-refractivity contribution in [3.63, 3.8) is 0 Å². The normalized spacial score (nSPS) is 11.9. The Morgan fingerprint density at radius 1 is 0.846 bits per heavy atom. The van der Waals surface area contributed by atoms with Crippen molar-refractivity contribution in [3.05, 3.63) is 57.6 Å². The van der Waals surface area contributed by atoms with Gasteiger partial charge in [-0.15, -0.1) is 0 Å². The van der Waals surface area contributed by atoms with Crippen LogP contribution in [0.5, 0.6) is 0 Å². The minimum Gasteiger partial charge on any atom is -0.361 e. The van der Waals surface area contributed by atoms with Gasteiger partial charge in [-0.25, -0.2) is 16.8 Å². The number of sulfone groups is 2. The summed E-state index contributed by atoms with van der Waals surface area (Å²) < 4.78 is 51.4. The van der Waals surface area contributed by atoms with Gasteiger partial charge in [-0.3, -0.25) is 0 Å². The topological polar surface area (TPSA) is 105 Å². The second-order valence-electron chi connectivity index (χ2n) is 6.33.